The third-order valence-electron chi connectivity index (χ3n) is 2.23. The predicted molar refractivity (Wildman–Crippen MR) is 68.6 cm³/mol. The van der Waals surface area contributed by atoms with Gasteiger partial charge in [-0.2, -0.15) is 0 Å². The zero-order valence-electron chi connectivity index (χ0n) is 10.6. The van der Waals surface area contributed by atoms with Crippen LogP contribution in [0.2, 0.25) is 0 Å². The smallest absolute Gasteiger partial charge is 0.510 e. The number of hydrogen-bond acceptors (Lipinski definition) is 6. The van der Waals surface area contributed by atoms with Crippen LogP contribution in [0.1, 0.15) is 0 Å². The molecule has 0 saturated heterocycles. The molecule has 0 fully saturated rings. The summed E-state index contributed by atoms with van der Waals surface area (Å²) in [6.07, 6.45) is 3.18. The molecule has 1 radical (unpaired) electrons. The maximum Gasteiger partial charge on any atom is 0.660 e. The normalized spacial score (nSPS) is 9.58. The summed E-state index contributed by atoms with van der Waals surface area (Å²) in [7, 11) is 4.19. The molecule has 0 atom stereocenters. The fourth-order valence-corrected chi connectivity index (χ4v) is 1.36. The Hall–Kier alpha value is -2.44. The van der Waals surface area contributed by atoms with Gasteiger partial charge in [0, 0.05) is 12.4 Å². The van der Waals surface area contributed by atoms with Crippen molar-refractivity contribution < 1.29 is 18.8 Å². The second kappa shape index (κ2) is 6.48. The molecule has 0 amide bonds. The second-order valence-corrected chi connectivity index (χ2v) is 3.35. The first-order valence-electron chi connectivity index (χ1n) is 5.48. The fourth-order valence-electron chi connectivity index (χ4n) is 1.36. The molecule has 0 aromatic carbocycles. The Kier molecular flexibility index (Phi) is 4.44. The zero-order valence-corrected chi connectivity index (χ0v) is 10.6. The highest BCUT2D eigenvalue weighted by molar-refractivity contribution is 6.20. The molecule has 7 heteroatoms. The molecular formula is C12H12BN2O4. The summed E-state index contributed by atoms with van der Waals surface area (Å²) < 4.78 is 20.7. The van der Waals surface area contributed by atoms with Gasteiger partial charge in [0.1, 0.15) is 0 Å². The number of ether oxygens (including phenoxy) is 2. The van der Waals surface area contributed by atoms with Crippen molar-refractivity contribution in [2.24, 2.45) is 0 Å². The van der Waals surface area contributed by atoms with Crippen molar-refractivity contribution in [2.75, 3.05) is 14.2 Å². The van der Waals surface area contributed by atoms with Crippen LogP contribution in [0.15, 0.2) is 36.7 Å². The van der Waals surface area contributed by atoms with Crippen LogP contribution >= 0.6 is 0 Å². The Balaban J connectivity index is 1.96. The fraction of sp³-hybridized carbons (Fsp3) is 0.167. The summed E-state index contributed by atoms with van der Waals surface area (Å²) in [5.74, 6) is 1.63. The minimum Gasteiger partial charge on any atom is -0.510 e. The topological polar surface area (TPSA) is 62.7 Å². The molecular weight excluding hydrogens is 247 g/mol. The first-order chi connectivity index (χ1) is 9.35. The van der Waals surface area contributed by atoms with Crippen molar-refractivity contribution >= 4 is 7.69 Å². The SMILES string of the molecule is COc1cccnc1O[B]Oc1ncccc1OC. The van der Waals surface area contributed by atoms with Crippen LogP contribution in [0.3, 0.4) is 0 Å². The van der Waals surface area contributed by atoms with E-state index < -0.39 is 0 Å². The van der Waals surface area contributed by atoms with E-state index in [0.29, 0.717) is 23.3 Å². The molecule has 0 aliphatic heterocycles. The number of hydrogen-bond donors (Lipinski definition) is 0. The van der Waals surface area contributed by atoms with Crippen molar-refractivity contribution in [2.45, 2.75) is 0 Å². The van der Waals surface area contributed by atoms with E-state index >= 15 is 0 Å². The van der Waals surface area contributed by atoms with Gasteiger partial charge in [-0.25, -0.2) is 9.97 Å². The Labute approximate surface area is 111 Å². The molecule has 2 heterocycles. The number of aromatic nitrogens is 2. The van der Waals surface area contributed by atoms with E-state index in [2.05, 4.69) is 9.97 Å². The lowest BCUT2D eigenvalue weighted by atomic mass is 10.3. The van der Waals surface area contributed by atoms with E-state index in [1.807, 2.05) is 0 Å². The lowest BCUT2D eigenvalue weighted by Gasteiger charge is -2.09. The van der Waals surface area contributed by atoms with E-state index in [4.69, 9.17) is 18.8 Å². The average molecular weight is 259 g/mol. The van der Waals surface area contributed by atoms with Crippen LogP contribution in [0, 0.1) is 0 Å². The summed E-state index contributed by atoms with van der Waals surface area (Å²) in [4.78, 5) is 8.03. The highest BCUT2D eigenvalue weighted by atomic mass is 16.6. The molecule has 2 rings (SSSR count). The molecule has 0 bridgehead atoms. The Morgan fingerprint density at radius 3 is 1.74 bits per heavy atom. The van der Waals surface area contributed by atoms with Crippen molar-refractivity contribution in [3.8, 4) is 23.3 Å². The Bertz CT molecular complexity index is 491. The average Bonchev–Trinajstić information content (AvgIpc) is 2.48. The van der Waals surface area contributed by atoms with Crippen LogP contribution < -0.4 is 18.8 Å². The molecule has 0 aliphatic rings. The van der Waals surface area contributed by atoms with Crippen molar-refractivity contribution in [1.29, 1.82) is 0 Å². The van der Waals surface area contributed by atoms with E-state index in [9.17, 15) is 0 Å². The summed E-state index contributed by atoms with van der Waals surface area (Å²) in [5.41, 5.74) is 0. The quantitative estimate of drug-likeness (QED) is 0.732. The van der Waals surface area contributed by atoms with E-state index in [1.54, 1.807) is 36.7 Å². The van der Waals surface area contributed by atoms with E-state index in [-0.39, 0.29) is 0 Å². The van der Waals surface area contributed by atoms with Crippen LogP contribution in [-0.4, -0.2) is 31.9 Å². The van der Waals surface area contributed by atoms with Gasteiger partial charge in [0.2, 0.25) is 11.8 Å². The van der Waals surface area contributed by atoms with Crippen LogP contribution in [0.5, 0.6) is 23.3 Å². The highest BCUT2D eigenvalue weighted by Crippen LogP contribution is 2.24. The predicted octanol–water partition coefficient (Wildman–Crippen LogP) is 1.49. The summed E-state index contributed by atoms with van der Waals surface area (Å²) in [5, 5.41) is 0. The summed E-state index contributed by atoms with van der Waals surface area (Å²) in [6.45, 7) is 0. The van der Waals surface area contributed by atoms with Gasteiger partial charge >= 0.3 is 7.69 Å². The maximum absolute atomic E-state index is 5.25. The Morgan fingerprint density at radius 1 is 0.842 bits per heavy atom. The van der Waals surface area contributed by atoms with Crippen molar-refractivity contribution in [1.82, 2.24) is 9.97 Å². The lowest BCUT2D eigenvalue weighted by molar-refractivity contribution is 0.359. The monoisotopic (exact) mass is 259 g/mol. The molecule has 2 aromatic heterocycles. The number of rotatable bonds is 6. The molecule has 0 spiro atoms. The van der Waals surface area contributed by atoms with Gasteiger partial charge in [-0.3, -0.25) is 0 Å². The van der Waals surface area contributed by atoms with Gasteiger partial charge in [0.05, 0.1) is 14.2 Å². The first kappa shape index (κ1) is 13.0. The molecule has 0 unspecified atom stereocenters. The van der Waals surface area contributed by atoms with E-state index in [0.717, 1.165) is 7.69 Å². The van der Waals surface area contributed by atoms with Gasteiger partial charge in [0.15, 0.2) is 11.5 Å². The van der Waals surface area contributed by atoms with Gasteiger partial charge in [0.25, 0.3) is 0 Å². The minimum atomic E-state index is 0.305. The van der Waals surface area contributed by atoms with Crippen LogP contribution in [0.25, 0.3) is 0 Å². The molecule has 0 saturated carbocycles. The third kappa shape index (κ3) is 3.28. The van der Waals surface area contributed by atoms with E-state index in [1.165, 1.54) is 14.2 Å². The number of nitrogens with zero attached hydrogens (tertiary/aromatic N) is 2. The summed E-state index contributed by atoms with van der Waals surface area (Å²) >= 11 is 0. The van der Waals surface area contributed by atoms with Crippen LogP contribution in [0.4, 0.5) is 0 Å². The van der Waals surface area contributed by atoms with Gasteiger partial charge < -0.3 is 18.8 Å². The standard InChI is InChI=1S/C12H12BN2O4/c1-16-9-5-3-7-14-11(9)18-13-19-12-10(17-2)6-4-8-15-12/h3-8H,1-2H3. The van der Waals surface area contributed by atoms with Gasteiger partial charge in [-0.1, -0.05) is 0 Å². The maximum atomic E-state index is 5.25. The second-order valence-electron chi connectivity index (χ2n) is 3.35. The number of pyridine rings is 2. The van der Waals surface area contributed by atoms with Crippen molar-refractivity contribution in [3.05, 3.63) is 36.7 Å². The molecule has 6 nitrogen and oxygen atoms in total. The van der Waals surface area contributed by atoms with Gasteiger partial charge in [-0.15, -0.1) is 0 Å². The zero-order chi connectivity index (χ0) is 13.5. The summed E-state index contributed by atoms with van der Waals surface area (Å²) in [6, 6.07) is 6.96. The minimum absolute atomic E-state index is 0.305. The first-order valence-corrected chi connectivity index (χ1v) is 5.48. The number of methoxy groups -OCH3 is 2. The highest BCUT2D eigenvalue weighted by Gasteiger charge is 2.11. The molecule has 2 aromatic rings. The lowest BCUT2D eigenvalue weighted by Crippen LogP contribution is -2.13. The third-order valence-corrected chi connectivity index (χ3v) is 2.23. The Morgan fingerprint density at radius 2 is 1.32 bits per heavy atom. The molecule has 0 N–H and O–H groups in total. The molecule has 0 aliphatic carbocycles. The largest absolute Gasteiger partial charge is 0.660 e. The van der Waals surface area contributed by atoms with Crippen LogP contribution in [-0.2, 0) is 0 Å². The van der Waals surface area contributed by atoms with Gasteiger partial charge in [-0.05, 0) is 24.3 Å². The van der Waals surface area contributed by atoms with Crippen molar-refractivity contribution in [3.63, 3.8) is 0 Å². The molecule has 19 heavy (non-hydrogen) atoms. The molecule has 97 valence electrons.